The van der Waals surface area contributed by atoms with Crippen LogP contribution in [0.3, 0.4) is 0 Å². The monoisotopic (exact) mass is 294 g/mol. The van der Waals surface area contributed by atoms with Crippen LogP contribution in [0.5, 0.6) is 0 Å². The quantitative estimate of drug-likeness (QED) is 0.467. The summed E-state index contributed by atoms with van der Waals surface area (Å²) in [5.41, 5.74) is 0. The van der Waals surface area contributed by atoms with Crippen molar-refractivity contribution in [2.24, 2.45) is 0 Å². The lowest BCUT2D eigenvalue weighted by molar-refractivity contribution is -0.245. The summed E-state index contributed by atoms with van der Waals surface area (Å²) in [4.78, 5) is 1.61. The maximum atomic E-state index is 10.2. The molecule has 1 heterocycles. The highest BCUT2D eigenvalue weighted by Crippen LogP contribution is 2.31. The van der Waals surface area contributed by atoms with Gasteiger partial charge in [0.25, 0.3) is 0 Å². The van der Waals surface area contributed by atoms with Gasteiger partial charge in [-0.15, -0.1) is 0 Å². The van der Waals surface area contributed by atoms with Crippen molar-refractivity contribution in [1.82, 2.24) is 4.90 Å². The second kappa shape index (κ2) is 7.41. The lowest BCUT2D eigenvalue weighted by Gasteiger charge is -2.41. The zero-order valence-electron chi connectivity index (χ0n) is 11.6. The largest absolute Gasteiger partial charge is 0.389 e. The first-order valence-corrected chi connectivity index (χ1v) is 6.76. The summed E-state index contributed by atoms with van der Waals surface area (Å²) >= 11 is 1.10. The van der Waals surface area contributed by atoms with Crippen molar-refractivity contribution < 1.29 is 24.4 Å². The normalized spacial score (nSPS) is 35.2. The molecule has 0 aliphatic carbocycles. The standard InChI is InChI=1S/C11H22N2O5S/c1-13(2)11(12)19-9-8(15)7(14)6(5-16-3)18-10(9)17-4/h6-10,12,14-15H,5H2,1-4H3. The fraction of sp³-hybridized carbons (Fsp3) is 0.909. The molecule has 0 saturated carbocycles. The van der Waals surface area contributed by atoms with Crippen molar-refractivity contribution in [2.45, 2.75) is 29.9 Å². The SMILES string of the molecule is COCC1OC(OC)C(SC(=N)N(C)C)C(O)C1O. The topological polar surface area (TPSA) is 95.2 Å². The smallest absolute Gasteiger partial charge is 0.172 e. The molecule has 0 radical (unpaired) electrons. The van der Waals surface area contributed by atoms with E-state index in [1.165, 1.54) is 14.2 Å². The molecule has 1 aliphatic heterocycles. The third kappa shape index (κ3) is 4.04. The molecule has 1 aliphatic rings. The minimum Gasteiger partial charge on any atom is -0.389 e. The Balaban J connectivity index is 2.77. The van der Waals surface area contributed by atoms with Crippen molar-refractivity contribution >= 4 is 16.9 Å². The molecule has 0 aromatic rings. The van der Waals surface area contributed by atoms with Gasteiger partial charge in [0, 0.05) is 28.3 Å². The van der Waals surface area contributed by atoms with Crippen LogP contribution in [0.2, 0.25) is 0 Å². The van der Waals surface area contributed by atoms with Crippen LogP contribution >= 0.6 is 11.8 Å². The lowest BCUT2D eigenvalue weighted by atomic mass is 10.0. The Kier molecular flexibility index (Phi) is 6.51. The summed E-state index contributed by atoms with van der Waals surface area (Å²) in [5.74, 6) is 0. The number of aliphatic hydroxyl groups excluding tert-OH is 2. The molecule has 19 heavy (non-hydrogen) atoms. The number of ether oxygens (including phenoxy) is 3. The average molecular weight is 294 g/mol. The minimum absolute atomic E-state index is 0.167. The highest BCUT2D eigenvalue weighted by Gasteiger charge is 2.45. The first-order chi connectivity index (χ1) is 8.92. The fourth-order valence-electron chi connectivity index (χ4n) is 1.76. The number of amidine groups is 1. The Morgan fingerprint density at radius 1 is 1.32 bits per heavy atom. The van der Waals surface area contributed by atoms with Crippen LogP contribution in [-0.2, 0) is 14.2 Å². The minimum atomic E-state index is -1.07. The maximum absolute atomic E-state index is 10.2. The van der Waals surface area contributed by atoms with Gasteiger partial charge in [-0.25, -0.2) is 0 Å². The van der Waals surface area contributed by atoms with Crippen molar-refractivity contribution in [3.8, 4) is 0 Å². The molecule has 112 valence electrons. The van der Waals surface area contributed by atoms with Crippen molar-refractivity contribution in [3.63, 3.8) is 0 Å². The Bertz CT molecular complexity index is 303. The maximum Gasteiger partial charge on any atom is 0.172 e. The van der Waals surface area contributed by atoms with E-state index >= 15 is 0 Å². The van der Waals surface area contributed by atoms with Crippen molar-refractivity contribution in [1.29, 1.82) is 5.41 Å². The van der Waals surface area contributed by atoms with E-state index in [1.807, 2.05) is 0 Å². The number of methoxy groups -OCH3 is 2. The number of nitrogens with zero attached hydrogens (tertiary/aromatic N) is 1. The fourth-order valence-corrected chi connectivity index (χ4v) is 2.81. The van der Waals surface area contributed by atoms with Gasteiger partial charge in [0.2, 0.25) is 0 Å². The van der Waals surface area contributed by atoms with Gasteiger partial charge in [0.05, 0.1) is 18.0 Å². The predicted octanol–water partition coefficient (Wildman–Crippen LogP) is -0.676. The third-order valence-corrected chi connectivity index (χ3v) is 4.22. The summed E-state index contributed by atoms with van der Waals surface area (Å²) in [6.45, 7) is 0.167. The van der Waals surface area contributed by atoms with Gasteiger partial charge >= 0.3 is 0 Å². The van der Waals surface area contributed by atoms with Gasteiger partial charge in [-0.1, -0.05) is 11.8 Å². The van der Waals surface area contributed by atoms with E-state index in [0.717, 1.165) is 11.8 Å². The predicted molar refractivity (Wildman–Crippen MR) is 72.4 cm³/mol. The highest BCUT2D eigenvalue weighted by molar-refractivity contribution is 8.14. The molecule has 0 aromatic heterocycles. The first kappa shape index (κ1) is 16.7. The Morgan fingerprint density at radius 2 is 1.95 bits per heavy atom. The molecule has 0 aromatic carbocycles. The second-order valence-corrected chi connectivity index (χ2v) is 5.66. The van der Waals surface area contributed by atoms with E-state index in [-0.39, 0.29) is 11.8 Å². The Morgan fingerprint density at radius 3 is 2.42 bits per heavy atom. The summed E-state index contributed by atoms with van der Waals surface area (Å²) in [6, 6.07) is 0. The molecule has 1 fully saturated rings. The van der Waals surface area contributed by atoms with E-state index in [1.54, 1.807) is 19.0 Å². The van der Waals surface area contributed by atoms with Crippen LogP contribution in [0.15, 0.2) is 0 Å². The molecule has 1 rings (SSSR count). The molecule has 1 saturated heterocycles. The third-order valence-electron chi connectivity index (χ3n) is 2.86. The number of hydrogen-bond donors (Lipinski definition) is 3. The van der Waals surface area contributed by atoms with Gasteiger partial charge in [-0.2, -0.15) is 0 Å². The molecule has 3 N–H and O–H groups in total. The molecule has 0 amide bonds. The number of hydrogen-bond acceptors (Lipinski definition) is 7. The molecule has 5 atom stereocenters. The average Bonchev–Trinajstić information content (AvgIpc) is 2.38. The van der Waals surface area contributed by atoms with Crippen LogP contribution in [0.4, 0.5) is 0 Å². The molecular formula is C11H22N2O5S. The van der Waals surface area contributed by atoms with Gasteiger partial charge in [0.1, 0.15) is 12.2 Å². The van der Waals surface area contributed by atoms with E-state index in [0.29, 0.717) is 0 Å². The Hall–Kier alpha value is -0.380. The first-order valence-electron chi connectivity index (χ1n) is 5.88. The van der Waals surface area contributed by atoms with Gasteiger partial charge < -0.3 is 29.3 Å². The molecule has 5 unspecified atom stereocenters. The zero-order valence-corrected chi connectivity index (χ0v) is 12.4. The van der Waals surface area contributed by atoms with E-state index < -0.39 is 29.9 Å². The number of aliphatic hydroxyl groups is 2. The Labute approximate surface area is 117 Å². The molecular weight excluding hydrogens is 272 g/mol. The van der Waals surface area contributed by atoms with Crippen LogP contribution in [0.1, 0.15) is 0 Å². The molecule has 7 nitrogen and oxygen atoms in total. The molecule has 0 bridgehead atoms. The molecule has 0 spiro atoms. The summed E-state index contributed by atoms with van der Waals surface area (Å²) in [5, 5.41) is 27.6. The van der Waals surface area contributed by atoms with Gasteiger partial charge in [-0.05, 0) is 0 Å². The van der Waals surface area contributed by atoms with Gasteiger partial charge in [-0.3, -0.25) is 5.41 Å². The summed E-state index contributed by atoms with van der Waals surface area (Å²) in [7, 11) is 6.42. The molecule has 8 heteroatoms. The van der Waals surface area contributed by atoms with Crippen molar-refractivity contribution in [3.05, 3.63) is 0 Å². The summed E-state index contributed by atoms with van der Waals surface area (Å²) in [6.07, 6.45) is -3.47. The van der Waals surface area contributed by atoms with Gasteiger partial charge in [0.15, 0.2) is 11.5 Å². The van der Waals surface area contributed by atoms with Crippen LogP contribution < -0.4 is 0 Å². The van der Waals surface area contributed by atoms with Crippen LogP contribution in [-0.4, -0.2) is 85.1 Å². The second-order valence-electron chi connectivity index (χ2n) is 4.50. The van der Waals surface area contributed by atoms with E-state index in [4.69, 9.17) is 19.6 Å². The van der Waals surface area contributed by atoms with Crippen molar-refractivity contribution in [2.75, 3.05) is 34.9 Å². The zero-order chi connectivity index (χ0) is 14.6. The van der Waals surface area contributed by atoms with Crippen LogP contribution in [0.25, 0.3) is 0 Å². The summed E-state index contributed by atoms with van der Waals surface area (Å²) < 4.78 is 15.7. The van der Waals surface area contributed by atoms with Crippen LogP contribution in [0, 0.1) is 5.41 Å². The number of nitrogens with one attached hydrogen (secondary N) is 1. The van der Waals surface area contributed by atoms with E-state index in [2.05, 4.69) is 0 Å². The van der Waals surface area contributed by atoms with E-state index in [9.17, 15) is 10.2 Å². The lowest BCUT2D eigenvalue weighted by Crippen LogP contribution is -2.58. The number of thioether (sulfide) groups is 1. The number of rotatable bonds is 4. The highest BCUT2D eigenvalue weighted by atomic mass is 32.2.